The molecular formula is C13H13ClN2O3. The van der Waals surface area contributed by atoms with E-state index in [2.05, 4.69) is 5.10 Å². The molecule has 0 aliphatic rings. The van der Waals surface area contributed by atoms with Crippen molar-refractivity contribution in [3.8, 4) is 5.88 Å². The Balaban J connectivity index is 2.28. The van der Waals surface area contributed by atoms with Crippen LogP contribution in [0.2, 0.25) is 5.02 Å². The summed E-state index contributed by atoms with van der Waals surface area (Å²) in [4.78, 5) is 10.7. The molecule has 1 aromatic carbocycles. The maximum absolute atomic E-state index is 10.7. The van der Waals surface area contributed by atoms with Gasteiger partial charge in [0.05, 0.1) is 26.3 Å². The van der Waals surface area contributed by atoms with Crippen LogP contribution in [-0.2, 0) is 17.8 Å². The second-order valence-electron chi connectivity index (χ2n) is 4.00. The quantitative estimate of drug-likeness (QED) is 0.912. The minimum atomic E-state index is -0.921. The third-order valence-electron chi connectivity index (χ3n) is 2.68. The number of aromatic nitrogens is 2. The lowest BCUT2D eigenvalue weighted by atomic mass is 10.2. The van der Waals surface area contributed by atoms with Crippen LogP contribution >= 0.6 is 11.6 Å². The number of ether oxygens (including phenoxy) is 1. The van der Waals surface area contributed by atoms with Crippen LogP contribution in [0.4, 0.5) is 0 Å². The van der Waals surface area contributed by atoms with Crippen LogP contribution in [0.25, 0.3) is 0 Å². The molecule has 2 aromatic rings. The van der Waals surface area contributed by atoms with Crippen molar-refractivity contribution in [2.75, 3.05) is 7.11 Å². The molecule has 0 amide bonds. The Labute approximate surface area is 115 Å². The van der Waals surface area contributed by atoms with E-state index in [9.17, 15) is 4.79 Å². The zero-order valence-electron chi connectivity index (χ0n) is 10.3. The number of carbonyl (C=O) groups is 1. The highest BCUT2D eigenvalue weighted by Crippen LogP contribution is 2.22. The second kappa shape index (κ2) is 5.75. The van der Waals surface area contributed by atoms with Gasteiger partial charge in [-0.1, -0.05) is 29.8 Å². The number of rotatable bonds is 5. The number of aliphatic carboxylic acids is 1. The highest BCUT2D eigenvalue weighted by Gasteiger charge is 2.15. The Bertz CT molecular complexity index is 595. The highest BCUT2D eigenvalue weighted by atomic mass is 35.5. The zero-order chi connectivity index (χ0) is 13.8. The van der Waals surface area contributed by atoms with Crippen molar-refractivity contribution < 1.29 is 14.6 Å². The van der Waals surface area contributed by atoms with Crippen LogP contribution in [0.15, 0.2) is 30.5 Å². The van der Waals surface area contributed by atoms with Crippen molar-refractivity contribution in [1.82, 2.24) is 9.78 Å². The Kier molecular flexibility index (Phi) is 4.06. The number of halogens is 1. The average Bonchev–Trinajstić information content (AvgIpc) is 2.73. The fourth-order valence-electron chi connectivity index (χ4n) is 1.83. The van der Waals surface area contributed by atoms with Gasteiger partial charge < -0.3 is 9.84 Å². The van der Waals surface area contributed by atoms with Gasteiger partial charge in [-0.2, -0.15) is 5.10 Å². The fourth-order valence-corrected chi connectivity index (χ4v) is 2.03. The van der Waals surface area contributed by atoms with Crippen LogP contribution in [0.1, 0.15) is 11.1 Å². The van der Waals surface area contributed by atoms with E-state index < -0.39 is 5.97 Å². The van der Waals surface area contributed by atoms with E-state index >= 15 is 0 Å². The van der Waals surface area contributed by atoms with E-state index in [0.717, 1.165) is 5.56 Å². The van der Waals surface area contributed by atoms with Crippen molar-refractivity contribution in [2.45, 2.75) is 13.0 Å². The van der Waals surface area contributed by atoms with Gasteiger partial charge in [0.1, 0.15) is 0 Å². The molecule has 0 bridgehead atoms. The Morgan fingerprint density at radius 2 is 2.16 bits per heavy atom. The monoisotopic (exact) mass is 280 g/mol. The first-order valence-corrected chi connectivity index (χ1v) is 6.03. The summed E-state index contributed by atoms with van der Waals surface area (Å²) in [6, 6.07) is 7.42. The molecule has 0 unspecified atom stereocenters. The third kappa shape index (κ3) is 3.06. The highest BCUT2D eigenvalue weighted by molar-refractivity contribution is 6.31. The van der Waals surface area contributed by atoms with Gasteiger partial charge in [0.2, 0.25) is 5.88 Å². The van der Waals surface area contributed by atoms with Crippen LogP contribution in [0.5, 0.6) is 5.88 Å². The minimum Gasteiger partial charge on any atom is -0.481 e. The summed E-state index contributed by atoms with van der Waals surface area (Å²) in [5.41, 5.74) is 1.44. The third-order valence-corrected chi connectivity index (χ3v) is 3.04. The number of carboxylic acids is 1. The first-order valence-electron chi connectivity index (χ1n) is 5.65. The Morgan fingerprint density at radius 1 is 1.42 bits per heavy atom. The number of benzene rings is 1. The lowest BCUT2D eigenvalue weighted by molar-refractivity contribution is -0.136. The van der Waals surface area contributed by atoms with Crippen molar-refractivity contribution >= 4 is 17.6 Å². The molecule has 1 heterocycles. The van der Waals surface area contributed by atoms with Gasteiger partial charge in [0, 0.05) is 10.6 Å². The van der Waals surface area contributed by atoms with E-state index in [1.54, 1.807) is 10.7 Å². The molecule has 0 aliphatic heterocycles. The standard InChI is InChI=1S/C13H13ClN2O3/c1-19-13-10(6-12(17)18)7-15-16(13)8-9-4-2-3-5-11(9)14/h2-5,7H,6,8H2,1H3,(H,17,18). The molecule has 0 saturated heterocycles. The topological polar surface area (TPSA) is 64.3 Å². The predicted molar refractivity (Wildman–Crippen MR) is 70.7 cm³/mol. The fraction of sp³-hybridized carbons (Fsp3) is 0.231. The average molecular weight is 281 g/mol. The lowest BCUT2D eigenvalue weighted by Crippen LogP contribution is -2.06. The second-order valence-corrected chi connectivity index (χ2v) is 4.41. The first kappa shape index (κ1) is 13.4. The van der Waals surface area contributed by atoms with Crippen LogP contribution < -0.4 is 4.74 Å². The molecule has 0 spiro atoms. The number of hydrogen-bond donors (Lipinski definition) is 1. The first-order chi connectivity index (χ1) is 9.11. The predicted octanol–water partition coefficient (Wildman–Crippen LogP) is 2.22. The number of nitrogens with zero attached hydrogens (tertiary/aromatic N) is 2. The SMILES string of the molecule is COc1c(CC(=O)O)cnn1Cc1ccccc1Cl. The molecule has 0 aliphatic carbocycles. The van der Waals surface area contributed by atoms with Gasteiger partial charge in [-0.05, 0) is 11.6 Å². The van der Waals surface area contributed by atoms with Gasteiger partial charge >= 0.3 is 5.97 Å². The van der Waals surface area contributed by atoms with Gasteiger partial charge in [-0.3, -0.25) is 4.79 Å². The normalized spacial score (nSPS) is 10.4. The maximum Gasteiger partial charge on any atom is 0.308 e. The summed E-state index contributed by atoms with van der Waals surface area (Å²) >= 11 is 6.08. The molecule has 0 saturated carbocycles. The number of hydrogen-bond acceptors (Lipinski definition) is 3. The number of methoxy groups -OCH3 is 1. The summed E-state index contributed by atoms with van der Waals surface area (Å²) in [5, 5.41) is 13.6. The van der Waals surface area contributed by atoms with Gasteiger partial charge in [-0.25, -0.2) is 4.68 Å². The molecule has 1 N–H and O–H groups in total. The van der Waals surface area contributed by atoms with E-state index in [1.165, 1.54) is 13.3 Å². The van der Waals surface area contributed by atoms with E-state index in [4.69, 9.17) is 21.4 Å². The van der Waals surface area contributed by atoms with E-state index in [0.29, 0.717) is 23.0 Å². The molecule has 0 atom stereocenters. The molecule has 6 heteroatoms. The molecule has 5 nitrogen and oxygen atoms in total. The van der Waals surface area contributed by atoms with Crippen LogP contribution in [-0.4, -0.2) is 28.0 Å². The maximum atomic E-state index is 10.7. The molecule has 100 valence electrons. The van der Waals surface area contributed by atoms with Crippen LogP contribution in [0.3, 0.4) is 0 Å². The summed E-state index contributed by atoms with van der Waals surface area (Å²) in [6.45, 7) is 0.433. The largest absolute Gasteiger partial charge is 0.481 e. The van der Waals surface area contributed by atoms with E-state index in [1.807, 2.05) is 18.2 Å². The van der Waals surface area contributed by atoms with Crippen molar-refractivity contribution in [3.63, 3.8) is 0 Å². The smallest absolute Gasteiger partial charge is 0.308 e. The lowest BCUT2D eigenvalue weighted by Gasteiger charge is -2.08. The number of carboxylic acid groups (broad SMARTS) is 1. The van der Waals surface area contributed by atoms with Crippen molar-refractivity contribution in [1.29, 1.82) is 0 Å². The summed E-state index contributed by atoms with van der Waals surface area (Å²) in [6.07, 6.45) is 1.38. The Morgan fingerprint density at radius 3 is 2.79 bits per heavy atom. The van der Waals surface area contributed by atoms with Gasteiger partial charge in [0.15, 0.2) is 0 Å². The zero-order valence-corrected chi connectivity index (χ0v) is 11.1. The van der Waals surface area contributed by atoms with Gasteiger partial charge in [-0.15, -0.1) is 0 Å². The molecule has 0 radical (unpaired) electrons. The van der Waals surface area contributed by atoms with Crippen molar-refractivity contribution in [3.05, 3.63) is 46.6 Å². The van der Waals surface area contributed by atoms with Crippen LogP contribution in [0, 0.1) is 0 Å². The summed E-state index contributed by atoms with van der Waals surface area (Å²) in [7, 11) is 1.49. The summed E-state index contributed by atoms with van der Waals surface area (Å²) in [5.74, 6) is -0.474. The Hall–Kier alpha value is -2.01. The minimum absolute atomic E-state index is 0.119. The summed E-state index contributed by atoms with van der Waals surface area (Å²) < 4.78 is 6.82. The molecule has 2 rings (SSSR count). The molecule has 1 aromatic heterocycles. The molecule has 0 fully saturated rings. The molecule has 19 heavy (non-hydrogen) atoms. The van der Waals surface area contributed by atoms with Gasteiger partial charge in [0.25, 0.3) is 0 Å². The van der Waals surface area contributed by atoms with E-state index in [-0.39, 0.29) is 6.42 Å². The molecular weight excluding hydrogens is 268 g/mol. The van der Waals surface area contributed by atoms with Crippen molar-refractivity contribution in [2.24, 2.45) is 0 Å².